The topological polar surface area (TPSA) is 46.3 Å². The van der Waals surface area contributed by atoms with Gasteiger partial charge in [-0.2, -0.15) is 0 Å². The molecular formula is C18H20N2O. The Morgan fingerprint density at radius 3 is 2.57 bits per heavy atom. The van der Waals surface area contributed by atoms with E-state index < -0.39 is 0 Å². The average molecular weight is 280 g/mol. The molecule has 108 valence electrons. The Hall–Kier alpha value is -2.13. The van der Waals surface area contributed by atoms with Crippen LogP contribution in [0, 0.1) is 0 Å². The zero-order valence-corrected chi connectivity index (χ0v) is 12.3. The van der Waals surface area contributed by atoms with Gasteiger partial charge in [-0.3, -0.25) is 4.79 Å². The number of nitrogens with two attached hydrogens (primary N) is 1. The lowest BCUT2D eigenvalue weighted by Crippen LogP contribution is -2.34. The van der Waals surface area contributed by atoms with Gasteiger partial charge in [-0.05, 0) is 28.7 Å². The van der Waals surface area contributed by atoms with E-state index in [0.717, 1.165) is 24.1 Å². The fourth-order valence-electron chi connectivity index (χ4n) is 2.89. The Bertz CT molecular complexity index is 652. The molecule has 0 bridgehead atoms. The van der Waals surface area contributed by atoms with Gasteiger partial charge in [-0.25, -0.2) is 0 Å². The van der Waals surface area contributed by atoms with E-state index in [2.05, 4.69) is 18.2 Å². The fraction of sp³-hybridized carbons (Fsp3) is 0.278. The average Bonchev–Trinajstić information content (AvgIpc) is 2.54. The minimum atomic E-state index is -0.121. The smallest absolute Gasteiger partial charge is 0.219 e. The number of amides is 1. The van der Waals surface area contributed by atoms with Gasteiger partial charge in [0, 0.05) is 20.0 Å². The first kappa shape index (κ1) is 13.8. The molecule has 21 heavy (non-hydrogen) atoms. The second kappa shape index (κ2) is 5.70. The molecule has 1 aliphatic rings. The second-order valence-corrected chi connectivity index (χ2v) is 5.61. The van der Waals surface area contributed by atoms with Crippen LogP contribution in [-0.4, -0.2) is 17.4 Å². The van der Waals surface area contributed by atoms with Crippen molar-refractivity contribution >= 4 is 5.91 Å². The monoisotopic (exact) mass is 280 g/mol. The third-order valence-corrected chi connectivity index (χ3v) is 4.21. The summed E-state index contributed by atoms with van der Waals surface area (Å²) in [6.45, 7) is 3.14. The zero-order chi connectivity index (χ0) is 14.8. The molecule has 2 aromatic carbocycles. The van der Waals surface area contributed by atoms with Crippen LogP contribution < -0.4 is 5.73 Å². The van der Waals surface area contributed by atoms with Gasteiger partial charge in [0.25, 0.3) is 0 Å². The van der Waals surface area contributed by atoms with Crippen LogP contribution in [0.15, 0.2) is 48.5 Å². The summed E-state index contributed by atoms with van der Waals surface area (Å²) >= 11 is 0. The van der Waals surface area contributed by atoms with Crippen molar-refractivity contribution in [3.63, 3.8) is 0 Å². The summed E-state index contributed by atoms with van der Waals surface area (Å²) in [5.74, 6) is 0.137. The highest BCUT2D eigenvalue weighted by Gasteiger charge is 2.19. The maximum Gasteiger partial charge on any atom is 0.219 e. The molecule has 1 amide bonds. The lowest BCUT2D eigenvalue weighted by Gasteiger charge is -2.28. The van der Waals surface area contributed by atoms with Crippen LogP contribution in [0.3, 0.4) is 0 Å². The summed E-state index contributed by atoms with van der Waals surface area (Å²) in [4.78, 5) is 13.4. The van der Waals surface area contributed by atoms with Gasteiger partial charge in [-0.1, -0.05) is 48.5 Å². The molecule has 0 saturated carbocycles. The zero-order valence-electron chi connectivity index (χ0n) is 12.3. The van der Waals surface area contributed by atoms with E-state index in [9.17, 15) is 4.79 Å². The van der Waals surface area contributed by atoms with E-state index in [1.807, 2.05) is 35.2 Å². The molecule has 1 unspecified atom stereocenters. The van der Waals surface area contributed by atoms with Crippen LogP contribution in [0.5, 0.6) is 0 Å². The Kier molecular flexibility index (Phi) is 3.76. The molecule has 0 aliphatic carbocycles. The maximum atomic E-state index is 11.6. The lowest BCUT2D eigenvalue weighted by molar-refractivity contribution is -0.129. The molecule has 2 aromatic rings. The van der Waals surface area contributed by atoms with E-state index in [1.54, 1.807) is 6.92 Å². The van der Waals surface area contributed by atoms with Crippen LogP contribution in [0.2, 0.25) is 0 Å². The minimum Gasteiger partial charge on any atom is -0.338 e. The van der Waals surface area contributed by atoms with E-state index >= 15 is 0 Å². The number of rotatable bonds is 2. The number of nitrogens with zero attached hydrogens (tertiary/aromatic N) is 1. The van der Waals surface area contributed by atoms with Crippen molar-refractivity contribution in [2.75, 3.05) is 6.54 Å². The Morgan fingerprint density at radius 1 is 1.10 bits per heavy atom. The van der Waals surface area contributed by atoms with Gasteiger partial charge in [-0.15, -0.1) is 0 Å². The fourth-order valence-corrected chi connectivity index (χ4v) is 2.89. The molecular weight excluding hydrogens is 260 g/mol. The van der Waals surface area contributed by atoms with Crippen LogP contribution in [0.4, 0.5) is 0 Å². The molecule has 3 heteroatoms. The normalized spacial score (nSPS) is 15.4. The highest BCUT2D eigenvalue weighted by atomic mass is 16.2. The van der Waals surface area contributed by atoms with Gasteiger partial charge in [0.05, 0.1) is 6.04 Å². The van der Waals surface area contributed by atoms with Crippen molar-refractivity contribution in [1.82, 2.24) is 4.90 Å². The van der Waals surface area contributed by atoms with Crippen LogP contribution in [0.1, 0.15) is 35.2 Å². The first-order valence-electron chi connectivity index (χ1n) is 7.33. The van der Waals surface area contributed by atoms with Gasteiger partial charge < -0.3 is 10.6 Å². The van der Waals surface area contributed by atoms with E-state index in [1.165, 1.54) is 11.1 Å². The summed E-state index contributed by atoms with van der Waals surface area (Å²) in [7, 11) is 0. The molecule has 0 radical (unpaired) electrons. The third-order valence-electron chi connectivity index (χ3n) is 4.21. The van der Waals surface area contributed by atoms with Crippen molar-refractivity contribution < 1.29 is 4.79 Å². The van der Waals surface area contributed by atoms with Crippen molar-refractivity contribution in [2.24, 2.45) is 5.73 Å². The van der Waals surface area contributed by atoms with Crippen molar-refractivity contribution in [2.45, 2.75) is 25.9 Å². The quantitative estimate of drug-likeness (QED) is 0.919. The molecule has 0 spiro atoms. The predicted octanol–water partition coefficient (Wildman–Crippen LogP) is 2.64. The van der Waals surface area contributed by atoms with Gasteiger partial charge in [0.1, 0.15) is 0 Å². The Morgan fingerprint density at radius 2 is 1.86 bits per heavy atom. The van der Waals surface area contributed by atoms with Crippen molar-refractivity contribution in [3.05, 3.63) is 70.8 Å². The SMILES string of the molecule is CC(=O)N1CCc2ccc(C(N)c3ccccc3)cc2C1. The van der Waals surface area contributed by atoms with Crippen LogP contribution >= 0.6 is 0 Å². The summed E-state index contributed by atoms with van der Waals surface area (Å²) in [6, 6.07) is 16.4. The van der Waals surface area contributed by atoms with Gasteiger partial charge in [0.15, 0.2) is 0 Å². The highest BCUT2D eigenvalue weighted by molar-refractivity contribution is 5.73. The number of carbonyl (C=O) groups is 1. The summed E-state index contributed by atoms with van der Waals surface area (Å²) in [6.07, 6.45) is 0.926. The van der Waals surface area contributed by atoms with Gasteiger partial charge in [0.2, 0.25) is 5.91 Å². The van der Waals surface area contributed by atoms with Gasteiger partial charge >= 0.3 is 0 Å². The van der Waals surface area contributed by atoms with E-state index in [4.69, 9.17) is 5.73 Å². The lowest BCUT2D eigenvalue weighted by atomic mass is 9.92. The second-order valence-electron chi connectivity index (χ2n) is 5.61. The van der Waals surface area contributed by atoms with Crippen LogP contribution in [0.25, 0.3) is 0 Å². The molecule has 1 atom stereocenters. The minimum absolute atomic E-state index is 0.121. The first-order chi connectivity index (χ1) is 10.1. The standard InChI is InChI=1S/C18H20N2O/c1-13(21)20-10-9-14-7-8-16(11-17(14)12-20)18(19)15-5-3-2-4-6-15/h2-8,11,18H,9-10,12,19H2,1H3. The van der Waals surface area contributed by atoms with Crippen LogP contribution in [-0.2, 0) is 17.8 Å². The van der Waals surface area contributed by atoms with Crippen molar-refractivity contribution in [3.8, 4) is 0 Å². The summed E-state index contributed by atoms with van der Waals surface area (Å²) in [5, 5.41) is 0. The Balaban J connectivity index is 1.89. The van der Waals surface area contributed by atoms with Crippen molar-refractivity contribution in [1.29, 1.82) is 0 Å². The van der Waals surface area contributed by atoms with E-state index in [0.29, 0.717) is 6.54 Å². The number of carbonyl (C=O) groups excluding carboxylic acids is 1. The first-order valence-corrected chi connectivity index (χ1v) is 7.33. The number of hydrogen-bond donors (Lipinski definition) is 1. The van der Waals surface area contributed by atoms with E-state index in [-0.39, 0.29) is 11.9 Å². The largest absolute Gasteiger partial charge is 0.338 e. The predicted molar refractivity (Wildman–Crippen MR) is 83.7 cm³/mol. The molecule has 1 aliphatic heterocycles. The molecule has 3 rings (SSSR count). The maximum absolute atomic E-state index is 11.6. The number of hydrogen-bond acceptors (Lipinski definition) is 2. The summed E-state index contributed by atoms with van der Waals surface area (Å²) in [5.41, 5.74) is 11.1. The summed E-state index contributed by atoms with van der Waals surface area (Å²) < 4.78 is 0. The number of benzene rings is 2. The molecule has 0 aromatic heterocycles. The molecule has 2 N–H and O–H groups in total. The molecule has 0 saturated heterocycles. The molecule has 1 heterocycles. The number of fused-ring (bicyclic) bond motifs is 1. The highest BCUT2D eigenvalue weighted by Crippen LogP contribution is 2.25. The third kappa shape index (κ3) is 2.83. The molecule has 0 fully saturated rings. The Labute approximate surface area is 125 Å². The molecule has 3 nitrogen and oxygen atoms in total.